The van der Waals surface area contributed by atoms with E-state index in [1.54, 1.807) is 13.3 Å². The number of nitrogens with two attached hydrogens (primary N) is 1. The molecule has 0 bridgehead atoms. The van der Waals surface area contributed by atoms with E-state index in [2.05, 4.69) is 17.2 Å². The molecular formula is C23H30Cl3N5O. The van der Waals surface area contributed by atoms with Gasteiger partial charge in [0.15, 0.2) is 5.82 Å². The second-order valence-corrected chi connectivity index (χ2v) is 7.70. The highest BCUT2D eigenvalue weighted by atomic mass is 35.5. The van der Waals surface area contributed by atoms with Crippen molar-refractivity contribution >= 4 is 66.1 Å². The topological polar surface area (TPSA) is 86.0 Å². The third-order valence-corrected chi connectivity index (χ3v) is 5.54. The van der Waals surface area contributed by atoms with Crippen molar-refractivity contribution in [3.8, 4) is 5.75 Å². The fourth-order valence-corrected chi connectivity index (χ4v) is 3.90. The Kier molecular flexibility index (Phi) is 11.2. The number of rotatable bonds is 5. The average Bonchev–Trinajstić information content (AvgIpc) is 2.74. The summed E-state index contributed by atoms with van der Waals surface area (Å²) in [6, 6.07) is 12.3. The normalized spacial score (nSPS) is 20.0. The first-order chi connectivity index (χ1) is 14.1. The van der Waals surface area contributed by atoms with E-state index in [9.17, 15) is 0 Å². The number of fused-ring (bicyclic) bond motifs is 1. The highest BCUT2D eigenvalue weighted by Gasteiger charge is 2.26. The summed E-state index contributed by atoms with van der Waals surface area (Å²) in [4.78, 5) is 13.9. The van der Waals surface area contributed by atoms with Gasteiger partial charge in [0.1, 0.15) is 11.6 Å². The molecule has 174 valence electrons. The van der Waals surface area contributed by atoms with Crippen LogP contribution in [0.1, 0.15) is 37.7 Å². The molecule has 1 fully saturated rings. The second-order valence-electron chi connectivity index (χ2n) is 7.70. The van der Waals surface area contributed by atoms with Gasteiger partial charge in [-0.05, 0) is 67.7 Å². The predicted molar refractivity (Wildman–Crippen MR) is 139 cm³/mol. The summed E-state index contributed by atoms with van der Waals surface area (Å²) in [5, 5.41) is 4.63. The number of aromatic nitrogens is 3. The Morgan fingerprint density at radius 3 is 2.56 bits per heavy atom. The maximum absolute atomic E-state index is 6.14. The zero-order chi connectivity index (χ0) is 20.2. The van der Waals surface area contributed by atoms with Crippen LogP contribution in [0.2, 0.25) is 0 Å². The van der Waals surface area contributed by atoms with Crippen LogP contribution >= 0.6 is 37.2 Å². The second kappa shape index (κ2) is 12.8. The zero-order valence-electron chi connectivity index (χ0n) is 18.1. The van der Waals surface area contributed by atoms with Gasteiger partial charge in [0.05, 0.1) is 18.3 Å². The van der Waals surface area contributed by atoms with Gasteiger partial charge in [-0.15, -0.1) is 37.2 Å². The largest absolute Gasteiger partial charge is 0.497 e. The van der Waals surface area contributed by atoms with Crippen LogP contribution in [0.5, 0.6) is 5.75 Å². The third kappa shape index (κ3) is 6.69. The molecule has 3 N–H and O–H groups in total. The van der Waals surface area contributed by atoms with Gasteiger partial charge in [-0.1, -0.05) is 13.0 Å². The number of pyridine rings is 1. The molecule has 1 aromatic carbocycles. The quantitative estimate of drug-likeness (QED) is 0.490. The lowest BCUT2D eigenvalue weighted by molar-refractivity contribution is 0.314. The highest BCUT2D eigenvalue weighted by molar-refractivity contribution is 5.91. The molecule has 0 spiro atoms. The molecule has 3 aromatic rings. The van der Waals surface area contributed by atoms with Crippen molar-refractivity contribution in [2.45, 2.75) is 38.3 Å². The summed E-state index contributed by atoms with van der Waals surface area (Å²) in [7, 11) is 1.67. The van der Waals surface area contributed by atoms with Gasteiger partial charge in [0.2, 0.25) is 0 Å². The van der Waals surface area contributed by atoms with Crippen LogP contribution in [0.15, 0.2) is 42.6 Å². The number of methoxy groups -OCH3 is 1. The molecule has 0 radical (unpaired) electrons. The molecule has 2 heterocycles. The van der Waals surface area contributed by atoms with Crippen LogP contribution in [0.4, 0.5) is 5.82 Å². The number of nitrogens with zero attached hydrogens (tertiary/aromatic N) is 3. The summed E-state index contributed by atoms with van der Waals surface area (Å²) in [5.41, 5.74) is 7.89. The first kappa shape index (κ1) is 27.9. The summed E-state index contributed by atoms with van der Waals surface area (Å²) >= 11 is 0. The van der Waals surface area contributed by atoms with Crippen LogP contribution in [-0.4, -0.2) is 34.1 Å². The Morgan fingerprint density at radius 2 is 1.88 bits per heavy atom. The Morgan fingerprint density at radius 1 is 1.06 bits per heavy atom. The number of halogens is 3. The van der Waals surface area contributed by atoms with E-state index < -0.39 is 0 Å². The first-order valence-corrected chi connectivity index (χ1v) is 10.1. The fourth-order valence-electron chi connectivity index (χ4n) is 3.90. The first-order valence-electron chi connectivity index (χ1n) is 10.1. The van der Waals surface area contributed by atoms with E-state index in [1.165, 1.54) is 0 Å². The number of ether oxygens (including phenoxy) is 1. The lowest BCUT2D eigenvalue weighted by Crippen LogP contribution is -2.39. The molecule has 0 unspecified atom stereocenters. The Hall–Kier alpha value is -2.12. The van der Waals surface area contributed by atoms with Crippen molar-refractivity contribution < 1.29 is 4.74 Å². The van der Waals surface area contributed by atoms with Crippen molar-refractivity contribution in [3.63, 3.8) is 0 Å². The fraction of sp³-hybridized carbons (Fsp3) is 0.348. The Balaban J connectivity index is 0.00000171. The van der Waals surface area contributed by atoms with E-state index in [0.29, 0.717) is 23.8 Å². The molecule has 4 rings (SSSR count). The van der Waals surface area contributed by atoms with E-state index in [4.69, 9.17) is 20.4 Å². The van der Waals surface area contributed by atoms with Gasteiger partial charge in [-0.25, -0.2) is 9.97 Å². The minimum Gasteiger partial charge on any atom is -0.497 e. The summed E-state index contributed by atoms with van der Waals surface area (Å²) in [5.74, 6) is 2.76. The van der Waals surface area contributed by atoms with Gasteiger partial charge in [0, 0.05) is 23.7 Å². The van der Waals surface area contributed by atoms with Crippen molar-refractivity contribution in [2.75, 3.05) is 12.4 Å². The van der Waals surface area contributed by atoms with Crippen molar-refractivity contribution in [1.29, 1.82) is 0 Å². The molecule has 0 aliphatic heterocycles. The number of anilines is 1. The molecular weight excluding hydrogens is 469 g/mol. The van der Waals surface area contributed by atoms with E-state index in [-0.39, 0.29) is 37.2 Å². The number of benzene rings is 1. The smallest absolute Gasteiger partial charge is 0.155 e. The Bertz CT molecular complexity index is 1020. The maximum atomic E-state index is 6.14. The van der Waals surface area contributed by atoms with Gasteiger partial charge in [-0.3, -0.25) is 4.98 Å². The predicted octanol–water partition coefficient (Wildman–Crippen LogP) is 5.40. The standard InChI is InChI=1S/C23H27N5O.3ClH/c1-15-13-16(24)6-9-20(15)27-23-19-14-18(29-2)8-10-21(19)26-22(28-23)11-7-17-5-3-4-12-25-17;;;/h3-5,7-8,10-12,14-16,20H,6,9,13,24H2,1-2H3,(H,26,27,28);3*1H/t15-,16-,20+;;;/m0.../s1. The van der Waals surface area contributed by atoms with Crippen LogP contribution in [0, 0.1) is 5.92 Å². The van der Waals surface area contributed by atoms with Crippen LogP contribution in [0.25, 0.3) is 23.1 Å². The highest BCUT2D eigenvalue weighted by Crippen LogP contribution is 2.30. The van der Waals surface area contributed by atoms with Gasteiger partial charge in [0.25, 0.3) is 0 Å². The average molecular weight is 499 g/mol. The lowest BCUT2D eigenvalue weighted by Gasteiger charge is -2.33. The molecule has 0 saturated heterocycles. The van der Waals surface area contributed by atoms with Crippen LogP contribution < -0.4 is 15.8 Å². The molecule has 1 aliphatic rings. The molecule has 2 aromatic heterocycles. The van der Waals surface area contributed by atoms with Gasteiger partial charge >= 0.3 is 0 Å². The molecule has 32 heavy (non-hydrogen) atoms. The maximum Gasteiger partial charge on any atom is 0.155 e. The third-order valence-electron chi connectivity index (χ3n) is 5.54. The lowest BCUT2D eigenvalue weighted by atomic mass is 9.83. The molecule has 6 nitrogen and oxygen atoms in total. The van der Waals surface area contributed by atoms with Crippen LogP contribution in [0.3, 0.4) is 0 Å². The number of hydrogen-bond donors (Lipinski definition) is 2. The SMILES string of the molecule is COc1ccc2nc(C=Cc3ccccn3)nc(N[C@@H]3CC[C@H](N)C[C@@H]3C)c2c1.Cl.Cl.Cl. The van der Waals surface area contributed by atoms with Crippen molar-refractivity contribution in [1.82, 2.24) is 15.0 Å². The van der Waals surface area contributed by atoms with Crippen molar-refractivity contribution in [2.24, 2.45) is 11.7 Å². The van der Waals surface area contributed by atoms with E-state index in [1.807, 2.05) is 48.6 Å². The summed E-state index contributed by atoms with van der Waals surface area (Å²) in [6.45, 7) is 2.25. The van der Waals surface area contributed by atoms with Crippen LogP contribution in [-0.2, 0) is 0 Å². The monoisotopic (exact) mass is 497 g/mol. The molecule has 1 saturated carbocycles. The number of hydrogen-bond acceptors (Lipinski definition) is 6. The minimum atomic E-state index is 0. The number of nitrogens with one attached hydrogen (secondary N) is 1. The van der Waals surface area contributed by atoms with Gasteiger partial charge < -0.3 is 15.8 Å². The molecule has 0 amide bonds. The van der Waals surface area contributed by atoms with E-state index in [0.717, 1.165) is 47.4 Å². The molecule has 3 atom stereocenters. The van der Waals surface area contributed by atoms with E-state index >= 15 is 0 Å². The molecule has 1 aliphatic carbocycles. The Labute approximate surface area is 207 Å². The summed E-state index contributed by atoms with van der Waals surface area (Å²) < 4.78 is 5.42. The summed E-state index contributed by atoms with van der Waals surface area (Å²) in [6.07, 6.45) is 8.69. The van der Waals surface area contributed by atoms with Crippen molar-refractivity contribution in [3.05, 3.63) is 54.1 Å². The molecule has 9 heteroatoms. The minimum absolute atomic E-state index is 0. The zero-order valence-corrected chi connectivity index (χ0v) is 20.6. The van der Waals surface area contributed by atoms with Gasteiger partial charge in [-0.2, -0.15) is 0 Å².